The first kappa shape index (κ1) is 15.7. The number of carbonyl (C=O) groups is 1. The van der Waals surface area contributed by atoms with Gasteiger partial charge in [0, 0.05) is 23.1 Å². The number of benzene rings is 2. The number of hydrogen-bond donors (Lipinski definition) is 1. The molecule has 4 rings (SSSR count). The summed E-state index contributed by atoms with van der Waals surface area (Å²) < 4.78 is 10.9. The lowest BCUT2D eigenvalue weighted by molar-refractivity contribution is -0.122. The van der Waals surface area contributed by atoms with E-state index >= 15 is 0 Å². The van der Waals surface area contributed by atoms with Crippen molar-refractivity contribution in [1.29, 1.82) is 0 Å². The quantitative estimate of drug-likeness (QED) is 0.776. The molecule has 25 heavy (non-hydrogen) atoms. The predicted octanol–water partition coefficient (Wildman–Crippen LogP) is 3.54. The van der Waals surface area contributed by atoms with Gasteiger partial charge in [-0.1, -0.05) is 29.4 Å². The number of fused-ring (bicyclic) bond motifs is 1. The molecule has 2 aromatic carbocycles. The van der Waals surface area contributed by atoms with E-state index in [-0.39, 0.29) is 5.91 Å². The number of nitrogens with one attached hydrogen (secondary N) is 1. The van der Waals surface area contributed by atoms with Crippen LogP contribution in [-0.4, -0.2) is 27.9 Å². The van der Waals surface area contributed by atoms with Gasteiger partial charge in [-0.25, -0.2) is 0 Å². The van der Waals surface area contributed by atoms with Crippen molar-refractivity contribution in [2.24, 2.45) is 0 Å². The lowest BCUT2D eigenvalue weighted by Gasteiger charge is -2.24. The molecule has 6 nitrogen and oxygen atoms in total. The minimum Gasteiger partial charge on any atom is -0.479 e. The summed E-state index contributed by atoms with van der Waals surface area (Å²) in [6.07, 6.45) is -0.556. The molecule has 0 radical (unpaired) electrons. The molecule has 1 N–H and O–H groups in total. The molecule has 1 atom stereocenters. The number of ether oxygens (including phenoxy) is 1. The van der Waals surface area contributed by atoms with Crippen molar-refractivity contribution < 1.29 is 14.1 Å². The Balaban J connectivity index is 1.54. The molecule has 1 amide bonds. The number of anilines is 1. The third-order valence-electron chi connectivity index (χ3n) is 3.75. The first-order valence-corrected chi connectivity index (χ1v) is 8.78. The number of hydrogen-bond acceptors (Lipinski definition) is 6. The largest absolute Gasteiger partial charge is 0.479 e. The van der Waals surface area contributed by atoms with Gasteiger partial charge >= 0.3 is 0 Å². The van der Waals surface area contributed by atoms with Crippen LogP contribution < -0.4 is 10.1 Å². The van der Waals surface area contributed by atoms with Crippen molar-refractivity contribution >= 4 is 23.4 Å². The van der Waals surface area contributed by atoms with Gasteiger partial charge in [0.15, 0.2) is 6.10 Å². The third kappa shape index (κ3) is 3.23. The lowest BCUT2D eigenvalue weighted by atomic mass is 10.1. The first-order valence-electron chi connectivity index (χ1n) is 7.80. The van der Waals surface area contributed by atoms with Crippen LogP contribution in [0.1, 0.15) is 5.89 Å². The van der Waals surface area contributed by atoms with E-state index < -0.39 is 6.10 Å². The van der Waals surface area contributed by atoms with Gasteiger partial charge < -0.3 is 14.6 Å². The van der Waals surface area contributed by atoms with Gasteiger partial charge in [-0.15, -0.1) is 11.8 Å². The number of carbonyl (C=O) groups excluding carboxylic acids is 1. The predicted molar refractivity (Wildman–Crippen MR) is 94.7 cm³/mol. The molecule has 0 spiro atoms. The van der Waals surface area contributed by atoms with Crippen LogP contribution in [0.5, 0.6) is 5.75 Å². The van der Waals surface area contributed by atoms with E-state index in [1.807, 2.05) is 48.5 Å². The SMILES string of the molecule is Cc1nc(-c2ccccc2NC(=O)[C@H]2CSc3ccccc3O2)no1. The minimum atomic E-state index is -0.556. The fraction of sp³-hybridized carbons (Fsp3) is 0.167. The van der Waals surface area contributed by atoms with E-state index in [1.54, 1.807) is 18.7 Å². The molecular weight excluding hydrogens is 338 g/mol. The minimum absolute atomic E-state index is 0.199. The Morgan fingerprint density at radius 2 is 2.00 bits per heavy atom. The average Bonchev–Trinajstić information content (AvgIpc) is 3.08. The second-order valence-corrected chi connectivity index (χ2v) is 6.60. The van der Waals surface area contributed by atoms with Gasteiger partial charge in [-0.2, -0.15) is 4.98 Å². The molecule has 0 saturated heterocycles. The number of amides is 1. The molecule has 2 heterocycles. The van der Waals surface area contributed by atoms with Crippen molar-refractivity contribution in [1.82, 2.24) is 10.1 Å². The maximum atomic E-state index is 12.7. The number of para-hydroxylation sites is 2. The topological polar surface area (TPSA) is 77.2 Å². The molecule has 0 bridgehead atoms. The highest BCUT2D eigenvalue weighted by Crippen LogP contribution is 2.35. The number of rotatable bonds is 3. The van der Waals surface area contributed by atoms with Crippen LogP contribution in [0, 0.1) is 6.92 Å². The van der Waals surface area contributed by atoms with Gasteiger partial charge in [0.25, 0.3) is 5.91 Å². The highest BCUT2D eigenvalue weighted by atomic mass is 32.2. The van der Waals surface area contributed by atoms with E-state index in [2.05, 4.69) is 15.5 Å². The maximum Gasteiger partial charge on any atom is 0.266 e. The lowest BCUT2D eigenvalue weighted by Crippen LogP contribution is -2.36. The highest BCUT2D eigenvalue weighted by molar-refractivity contribution is 7.99. The first-order chi connectivity index (χ1) is 12.2. The summed E-state index contributed by atoms with van der Waals surface area (Å²) >= 11 is 1.61. The summed E-state index contributed by atoms with van der Waals surface area (Å²) in [6.45, 7) is 1.72. The Labute approximate surface area is 148 Å². The van der Waals surface area contributed by atoms with Crippen molar-refractivity contribution in [3.8, 4) is 17.1 Å². The van der Waals surface area contributed by atoms with Crippen molar-refractivity contribution in [3.63, 3.8) is 0 Å². The van der Waals surface area contributed by atoms with E-state index in [0.29, 0.717) is 28.7 Å². The number of thioether (sulfide) groups is 1. The summed E-state index contributed by atoms with van der Waals surface area (Å²) in [5, 5.41) is 6.84. The second kappa shape index (κ2) is 6.60. The Bertz CT molecular complexity index is 925. The summed E-state index contributed by atoms with van der Waals surface area (Å²) in [6, 6.07) is 15.1. The number of aryl methyl sites for hydroxylation is 1. The Morgan fingerprint density at radius 1 is 1.20 bits per heavy atom. The molecule has 1 aliphatic rings. The van der Waals surface area contributed by atoms with E-state index in [4.69, 9.17) is 9.26 Å². The molecule has 3 aromatic rings. The van der Waals surface area contributed by atoms with Crippen LogP contribution in [-0.2, 0) is 4.79 Å². The highest BCUT2D eigenvalue weighted by Gasteiger charge is 2.27. The van der Waals surface area contributed by atoms with Crippen molar-refractivity contribution in [3.05, 3.63) is 54.4 Å². The molecule has 0 saturated carbocycles. The zero-order valence-electron chi connectivity index (χ0n) is 13.4. The fourth-order valence-electron chi connectivity index (χ4n) is 2.56. The summed E-state index contributed by atoms with van der Waals surface area (Å²) in [7, 11) is 0. The molecule has 0 aliphatic carbocycles. The zero-order chi connectivity index (χ0) is 17.2. The summed E-state index contributed by atoms with van der Waals surface area (Å²) in [5.41, 5.74) is 1.33. The van der Waals surface area contributed by atoms with Gasteiger partial charge in [0.1, 0.15) is 5.75 Å². The molecule has 0 fully saturated rings. The van der Waals surface area contributed by atoms with Gasteiger partial charge in [-0.3, -0.25) is 4.79 Å². The molecular formula is C18H15N3O3S. The fourth-order valence-corrected chi connectivity index (χ4v) is 3.54. The molecule has 0 unspecified atom stereocenters. The van der Waals surface area contributed by atoms with Crippen LogP contribution in [0.4, 0.5) is 5.69 Å². The third-order valence-corrected chi connectivity index (χ3v) is 4.87. The van der Waals surface area contributed by atoms with Gasteiger partial charge in [0.2, 0.25) is 11.7 Å². The number of nitrogens with zero attached hydrogens (tertiary/aromatic N) is 2. The molecule has 1 aliphatic heterocycles. The molecule has 126 valence electrons. The van der Waals surface area contributed by atoms with Gasteiger partial charge in [-0.05, 0) is 24.3 Å². The molecule has 1 aromatic heterocycles. The van der Waals surface area contributed by atoms with E-state index in [1.165, 1.54) is 0 Å². The molecule has 7 heteroatoms. The zero-order valence-corrected chi connectivity index (χ0v) is 14.2. The smallest absolute Gasteiger partial charge is 0.266 e. The summed E-state index contributed by atoms with van der Waals surface area (Å²) in [4.78, 5) is 17.9. The van der Waals surface area contributed by atoms with Crippen LogP contribution >= 0.6 is 11.8 Å². The van der Waals surface area contributed by atoms with Crippen LogP contribution in [0.15, 0.2) is 57.9 Å². The standard InChI is InChI=1S/C18H15N3O3S/c1-11-19-17(21-24-11)12-6-2-3-7-13(12)20-18(22)15-10-25-16-9-5-4-8-14(16)23-15/h2-9,15H,10H2,1H3,(H,20,22)/t15-/m1/s1. The van der Waals surface area contributed by atoms with E-state index in [9.17, 15) is 4.79 Å². The Hall–Kier alpha value is -2.80. The Kier molecular flexibility index (Phi) is 4.15. The van der Waals surface area contributed by atoms with Crippen LogP contribution in [0.2, 0.25) is 0 Å². The maximum absolute atomic E-state index is 12.7. The normalized spacial score (nSPS) is 16.0. The van der Waals surface area contributed by atoms with E-state index in [0.717, 1.165) is 10.6 Å². The van der Waals surface area contributed by atoms with Crippen LogP contribution in [0.3, 0.4) is 0 Å². The van der Waals surface area contributed by atoms with Crippen molar-refractivity contribution in [2.45, 2.75) is 17.9 Å². The van der Waals surface area contributed by atoms with Crippen molar-refractivity contribution in [2.75, 3.05) is 11.1 Å². The van der Waals surface area contributed by atoms with Crippen LogP contribution in [0.25, 0.3) is 11.4 Å². The second-order valence-electron chi connectivity index (χ2n) is 5.54. The Morgan fingerprint density at radius 3 is 2.84 bits per heavy atom. The summed E-state index contributed by atoms with van der Waals surface area (Å²) in [5.74, 6) is 2.01. The van der Waals surface area contributed by atoms with Gasteiger partial charge in [0.05, 0.1) is 5.69 Å². The monoisotopic (exact) mass is 353 g/mol. The average molecular weight is 353 g/mol. The number of aromatic nitrogens is 2.